The molecule has 1 amide bonds. The van der Waals surface area contributed by atoms with E-state index in [9.17, 15) is 4.79 Å². The van der Waals surface area contributed by atoms with E-state index in [-0.39, 0.29) is 11.9 Å². The number of nitrogen functional groups attached to an aromatic ring is 1. The number of carbonyl (C=O) groups excluding carboxylic acids is 1. The highest BCUT2D eigenvalue weighted by molar-refractivity contribution is 6.31. The highest BCUT2D eigenvalue weighted by Gasteiger charge is 2.28. The number of hydrogen-bond acceptors (Lipinski definition) is 3. The summed E-state index contributed by atoms with van der Waals surface area (Å²) in [5.74, 6) is 0.725. The topological polar surface area (TPSA) is 58.4 Å². The molecule has 0 aliphatic heterocycles. The fraction of sp³-hybridized carbons (Fsp3) is 0.533. The van der Waals surface area contributed by atoms with Crippen molar-refractivity contribution in [3.05, 3.63) is 23.2 Å². The highest BCUT2D eigenvalue weighted by Crippen LogP contribution is 2.30. The Bertz CT molecular complexity index is 488. The smallest absolute Gasteiger partial charge is 0.241 e. The number of anilines is 2. The van der Waals surface area contributed by atoms with Crippen molar-refractivity contribution in [3.8, 4) is 0 Å². The first-order chi connectivity index (χ1) is 9.51. The SMILES string of the molecule is CCN(CC1CC1)C(C)C(=O)Nc1cc(Cl)ccc1N. The number of hydrogen-bond donors (Lipinski definition) is 2. The molecule has 110 valence electrons. The molecule has 20 heavy (non-hydrogen) atoms. The summed E-state index contributed by atoms with van der Waals surface area (Å²) in [5, 5.41) is 3.43. The molecule has 0 radical (unpaired) electrons. The van der Waals surface area contributed by atoms with E-state index in [1.165, 1.54) is 12.8 Å². The second-order valence-electron chi connectivity index (χ2n) is 5.43. The second kappa shape index (κ2) is 6.46. The van der Waals surface area contributed by atoms with Crippen molar-refractivity contribution in [2.75, 3.05) is 24.1 Å². The molecule has 0 heterocycles. The molecule has 1 saturated carbocycles. The number of carbonyl (C=O) groups is 1. The molecule has 3 N–H and O–H groups in total. The minimum atomic E-state index is -0.168. The van der Waals surface area contributed by atoms with Gasteiger partial charge in [-0.3, -0.25) is 9.69 Å². The van der Waals surface area contributed by atoms with Gasteiger partial charge in [0.05, 0.1) is 17.4 Å². The molecule has 1 aromatic rings. The van der Waals surface area contributed by atoms with E-state index in [1.54, 1.807) is 18.2 Å². The van der Waals surface area contributed by atoms with Gasteiger partial charge in [0, 0.05) is 11.6 Å². The summed E-state index contributed by atoms with van der Waals surface area (Å²) in [6.45, 7) is 5.88. The van der Waals surface area contributed by atoms with Crippen molar-refractivity contribution in [2.24, 2.45) is 5.92 Å². The van der Waals surface area contributed by atoms with E-state index in [2.05, 4.69) is 17.1 Å². The number of halogens is 1. The van der Waals surface area contributed by atoms with Gasteiger partial charge < -0.3 is 11.1 Å². The lowest BCUT2D eigenvalue weighted by molar-refractivity contribution is -0.120. The van der Waals surface area contributed by atoms with Gasteiger partial charge in [0.25, 0.3) is 0 Å². The third-order valence-electron chi connectivity index (χ3n) is 3.80. The molecule has 1 aromatic carbocycles. The normalized spacial score (nSPS) is 16.2. The number of nitrogens with one attached hydrogen (secondary N) is 1. The van der Waals surface area contributed by atoms with E-state index in [4.69, 9.17) is 17.3 Å². The fourth-order valence-corrected chi connectivity index (χ4v) is 2.40. The molecule has 1 aliphatic carbocycles. The Morgan fingerprint density at radius 1 is 1.55 bits per heavy atom. The van der Waals surface area contributed by atoms with Crippen molar-refractivity contribution in [1.29, 1.82) is 0 Å². The zero-order valence-corrected chi connectivity index (χ0v) is 12.8. The molecule has 1 fully saturated rings. The third kappa shape index (κ3) is 3.87. The van der Waals surface area contributed by atoms with Crippen LogP contribution >= 0.6 is 11.6 Å². The van der Waals surface area contributed by atoms with E-state index in [0.717, 1.165) is 19.0 Å². The van der Waals surface area contributed by atoms with Gasteiger partial charge >= 0.3 is 0 Å². The lowest BCUT2D eigenvalue weighted by Crippen LogP contribution is -2.43. The summed E-state index contributed by atoms with van der Waals surface area (Å²) in [6, 6.07) is 4.92. The van der Waals surface area contributed by atoms with Crippen LogP contribution in [0.4, 0.5) is 11.4 Å². The van der Waals surface area contributed by atoms with Gasteiger partial charge in [0.1, 0.15) is 0 Å². The van der Waals surface area contributed by atoms with Crippen LogP contribution in [-0.4, -0.2) is 29.9 Å². The van der Waals surface area contributed by atoms with E-state index in [0.29, 0.717) is 16.4 Å². The van der Waals surface area contributed by atoms with Gasteiger partial charge in [-0.2, -0.15) is 0 Å². The van der Waals surface area contributed by atoms with Crippen molar-refractivity contribution < 1.29 is 4.79 Å². The van der Waals surface area contributed by atoms with Gasteiger partial charge in [-0.25, -0.2) is 0 Å². The van der Waals surface area contributed by atoms with E-state index >= 15 is 0 Å². The summed E-state index contributed by atoms with van der Waals surface area (Å²) < 4.78 is 0. The second-order valence-corrected chi connectivity index (χ2v) is 5.86. The third-order valence-corrected chi connectivity index (χ3v) is 4.03. The Morgan fingerprint density at radius 3 is 2.85 bits per heavy atom. The molecule has 1 atom stereocenters. The summed E-state index contributed by atoms with van der Waals surface area (Å²) >= 11 is 5.93. The van der Waals surface area contributed by atoms with Crippen LogP contribution in [0.3, 0.4) is 0 Å². The lowest BCUT2D eigenvalue weighted by Gasteiger charge is -2.27. The first-order valence-corrected chi connectivity index (χ1v) is 7.49. The number of benzene rings is 1. The first kappa shape index (κ1) is 15.1. The molecule has 0 aromatic heterocycles. The Labute approximate surface area is 125 Å². The number of likely N-dealkylation sites (N-methyl/N-ethyl adjacent to an activating group) is 1. The molecule has 0 saturated heterocycles. The van der Waals surface area contributed by atoms with Crippen molar-refractivity contribution in [1.82, 2.24) is 4.90 Å². The molecular formula is C15H22ClN3O. The van der Waals surface area contributed by atoms with Gasteiger partial charge in [-0.15, -0.1) is 0 Å². The van der Waals surface area contributed by atoms with Gasteiger partial charge in [0.2, 0.25) is 5.91 Å². The summed E-state index contributed by atoms with van der Waals surface area (Å²) in [7, 11) is 0. The molecule has 2 rings (SSSR count). The van der Waals surface area contributed by atoms with Crippen LogP contribution in [0.25, 0.3) is 0 Å². The molecule has 0 spiro atoms. The monoisotopic (exact) mass is 295 g/mol. The summed E-state index contributed by atoms with van der Waals surface area (Å²) in [6.07, 6.45) is 2.57. The van der Waals surface area contributed by atoms with Crippen LogP contribution in [0.5, 0.6) is 0 Å². The van der Waals surface area contributed by atoms with Crippen LogP contribution in [0.1, 0.15) is 26.7 Å². The van der Waals surface area contributed by atoms with Gasteiger partial charge in [-0.1, -0.05) is 18.5 Å². The molecule has 0 bridgehead atoms. The number of nitrogens with two attached hydrogens (primary N) is 1. The zero-order chi connectivity index (χ0) is 14.7. The van der Waals surface area contributed by atoms with Gasteiger partial charge in [-0.05, 0) is 50.4 Å². The average Bonchev–Trinajstić information content (AvgIpc) is 3.23. The van der Waals surface area contributed by atoms with Gasteiger partial charge in [0.15, 0.2) is 0 Å². The minimum absolute atomic E-state index is 0.0403. The Kier molecular flexibility index (Phi) is 4.89. The number of nitrogens with zero attached hydrogens (tertiary/aromatic N) is 1. The van der Waals surface area contributed by atoms with Crippen LogP contribution < -0.4 is 11.1 Å². The summed E-state index contributed by atoms with van der Waals surface area (Å²) in [5.41, 5.74) is 6.96. The maximum absolute atomic E-state index is 12.3. The van der Waals surface area contributed by atoms with Crippen LogP contribution in [0.15, 0.2) is 18.2 Å². The predicted octanol–water partition coefficient (Wildman–Crippen LogP) is 2.98. The fourth-order valence-electron chi connectivity index (χ4n) is 2.23. The number of amides is 1. The minimum Gasteiger partial charge on any atom is -0.397 e. The van der Waals surface area contributed by atoms with E-state index in [1.807, 2.05) is 6.92 Å². The quantitative estimate of drug-likeness (QED) is 0.793. The average molecular weight is 296 g/mol. The Balaban J connectivity index is 2.00. The van der Waals surface area contributed by atoms with Crippen molar-refractivity contribution in [3.63, 3.8) is 0 Å². The maximum Gasteiger partial charge on any atom is 0.241 e. The zero-order valence-electron chi connectivity index (χ0n) is 12.0. The molecular weight excluding hydrogens is 274 g/mol. The largest absolute Gasteiger partial charge is 0.397 e. The number of rotatable bonds is 6. The maximum atomic E-state index is 12.3. The van der Waals surface area contributed by atoms with Crippen LogP contribution in [0, 0.1) is 5.92 Å². The highest BCUT2D eigenvalue weighted by atomic mass is 35.5. The van der Waals surface area contributed by atoms with Crippen LogP contribution in [0.2, 0.25) is 5.02 Å². The molecule has 1 aliphatic rings. The first-order valence-electron chi connectivity index (χ1n) is 7.11. The summed E-state index contributed by atoms with van der Waals surface area (Å²) in [4.78, 5) is 14.5. The standard InChI is InChI=1S/C15H22ClN3O/c1-3-19(9-11-4-5-11)10(2)15(20)18-14-8-12(16)6-7-13(14)17/h6-8,10-11H,3-5,9,17H2,1-2H3,(H,18,20). The lowest BCUT2D eigenvalue weighted by atomic mass is 10.2. The van der Waals surface area contributed by atoms with E-state index < -0.39 is 0 Å². The molecule has 1 unspecified atom stereocenters. The van der Waals surface area contributed by atoms with Crippen molar-refractivity contribution >= 4 is 28.9 Å². The Hall–Kier alpha value is -1.26. The predicted molar refractivity (Wildman–Crippen MR) is 83.9 cm³/mol. The van der Waals surface area contributed by atoms with Crippen molar-refractivity contribution in [2.45, 2.75) is 32.7 Å². The molecule has 5 heteroatoms. The molecule has 4 nitrogen and oxygen atoms in total. The van der Waals surface area contributed by atoms with Crippen LogP contribution in [-0.2, 0) is 4.79 Å². The Morgan fingerprint density at radius 2 is 2.25 bits per heavy atom.